The summed E-state index contributed by atoms with van der Waals surface area (Å²) >= 11 is 0. The van der Waals surface area contributed by atoms with Gasteiger partial charge >= 0.3 is 0 Å². The number of pyridine rings is 1. The molecule has 1 aromatic carbocycles. The quantitative estimate of drug-likeness (QED) is 0.828. The second kappa shape index (κ2) is 8.47. The summed E-state index contributed by atoms with van der Waals surface area (Å²) in [6.45, 7) is 4.85. The van der Waals surface area contributed by atoms with E-state index in [1.807, 2.05) is 12.1 Å². The minimum Gasteiger partial charge on any atom is -0.494 e. The second-order valence-electron chi connectivity index (χ2n) is 6.19. The van der Waals surface area contributed by atoms with E-state index in [4.69, 9.17) is 4.74 Å². The summed E-state index contributed by atoms with van der Waals surface area (Å²) in [6, 6.07) is 10.7. The summed E-state index contributed by atoms with van der Waals surface area (Å²) in [7, 11) is 0. The lowest BCUT2D eigenvalue weighted by molar-refractivity contribution is 0.0535. The number of nitrogens with zero attached hydrogens (tertiary/aromatic N) is 3. The molecule has 3 rings (SSSR count). The topological polar surface area (TPSA) is 62.7 Å². The number of aromatic nitrogens is 1. The molecule has 0 unspecified atom stereocenters. The van der Waals surface area contributed by atoms with E-state index in [1.165, 1.54) is 0 Å². The van der Waals surface area contributed by atoms with Gasteiger partial charge in [-0.25, -0.2) is 0 Å². The number of ether oxygens (including phenoxy) is 1. The lowest BCUT2D eigenvalue weighted by Crippen LogP contribution is -2.50. The molecule has 1 fully saturated rings. The van der Waals surface area contributed by atoms with Crippen molar-refractivity contribution in [3.63, 3.8) is 0 Å². The number of benzene rings is 1. The van der Waals surface area contributed by atoms with Crippen molar-refractivity contribution < 1.29 is 14.3 Å². The molecule has 26 heavy (non-hydrogen) atoms. The summed E-state index contributed by atoms with van der Waals surface area (Å²) in [6.07, 6.45) is 4.17. The Kier molecular flexibility index (Phi) is 5.84. The summed E-state index contributed by atoms with van der Waals surface area (Å²) in [5.74, 6) is 0.746. The van der Waals surface area contributed by atoms with Crippen LogP contribution in [0.5, 0.6) is 5.75 Å². The van der Waals surface area contributed by atoms with Crippen molar-refractivity contribution in [2.24, 2.45) is 0 Å². The summed E-state index contributed by atoms with van der Waals surface area (Å²) in [4.78, 5) is 32.6. The first-order chi connectivity index (χ1) is 12.7. The molecule has 0 N–H and O–H groups in total. The van der Waals surface area contributed by atoms with Gasteiger partial charge in [0, 0.05) is 49.7 Å². The Hall–Kier alpha value is -2.89. The number of hydrogen-bond donors (Lipinski definition) is 0. The lowest BCUT2D eigenvalue weighted by atomic mass is 10.1. The molecule has 136 valence electrons. The lowest BCUT2D eigenvalue weighted by Gasteiger charge is -2.34. The van der Waals surface area contributed by atoms with Crippen LogP contribution < -0.4 is 4.74 Å². The first kappa shape index (κ1) is 17.9. The van der Waals surface area contributed by atoms with Crippen LogP contribution in [0.25, 0.3) is 0 Å². The van der Waals surface area contributed by atoms with Gasteiger partial charge in [-0.1, -0.05) is 6.92 Å². The largest absolute Gasteiger partial charge is 0.494 e. The first-order valence-electron chi connectivity index (χ1n) is 8.90. The third kappa shape index (κ3) is 4.20. The predicted molar refractivity (Wildman–Crippen MR) is 98.3 cm³/mol. The van der Waals surface area contributed by atoms with Crippen LogP contribution in [0.15, 0.2) is 48.8 Å². The van der Waals surface area contributed by atoms with E-state index in [2.05, 4.69) is 11.9 Å². The third-order valence-corrected chi connectivity index (χ3v) is 4.36. The normalized spacial score (nSPS) is 14.2. The van der Waals surface area contributed by atoms with Crippen LogP contribution >= 0.6 is 0 Å². The van der Waals surface area contributed by atoms with E-state index >= 15 is 0 Å². The van der Waals surface area contributed by atoms with Gasteiger partial charge < -0.3 is 14.5 Å². The van der Waals surface area contributed by atoms with Crippen molar-refractivity contribution in [3.8, 4) is 5.75 Å². The SMILES string of the molecule is CCCOc1ccc(C(=O)N2CCN(C(=O)c3ccncc3)CC2)cc1. The van der Waals surface area contributed by atoms with E-state index in [1.54, 1.807) is 46.5 Å². The van der Waals surface area contributed by atoms with E-state index in [9.17, 15) is 9.59 Å². The first-order valence-corrected chi connectivity index (χ1v) is 8.90. The smallest absolute Gasteiger partial charge is 0.254 e. The molecule has 2 aromatic rings. The van der Waals surface area contributed by atoms with Gasteiger partial charge in [-0.3, -0.25) is 14.6 Å². The molecular weight excluding hydrogens is 330 g/mol. The molecule has 0 bridgehead atoms. The van der Waals surface area contributed by atoms with Crippen LogP contribution in [-0.2, 0) is 0 Å². The Morgan fingerprint density at radius 3 is 1.88 bits per heavy atom. The van der Waals surface area contributed by atoms with Gasteiger partial charge in [-0.05, 0) is 42.8 Å². The molecule has 6 heteroatoms. The molecule has 0 spiro atoms. The summed E-state index contributed by atoms with van der Waals surface area (Å²) < 4.78 is 5.54. The maximum atomic E-state index is 12.6. The highest BCUT2D eigenvalue weighted by Crippen LogP contribution is 2.16. The molecule has 1 aliphatic rings. The Bertz CT molecular complexity index is 739. The fourth-order valence-corrected chi connectivity index (χ4v) is 2.89. The second-order valence-corrected chi connectivity index (χ2v) is 6.19. The molecule has 1 aliphatic heterocycles. The predicted octanol–water partition coefficient (Wildman–Crippen LogP) is 2.47. The standard InChI is InChI=1S/C20H23N3O3/c1-2-15-26-18-5-3-16(4-6-18)19(24)22-11-13-23(14-12-22)20(25)17-7-9-21-10-8-17/h3-10H,2,11-15H2,1H3. The average Bonchev–Trinajstić information content (AvgIpc) is 2.72. The molecule has 2 amide bonds. The zero-order valence-electron chi connectivity index (χ0n) is 14.9. The van der Waals surface area contributed by atoms with Crippen molar-refractivity contribution in [1.82, 2.24) is 14.8 Å². The zero-order chi connectivity index (χ0) is 18.4. The van der Waals surface area contributed by atoms with E-state index in [0.717, 1.165) is 12.2 Å². The highest BCUT2D eigenvalue weighted by atomic mass is 16.5. The summed E-state index contributed by atoms with van der Waals surface area (Å²) in [5.41, 5.74) is 1.27. The maximum absolute atomic E-state index is 12.6. The van der Waals surface area contributed by atoms with Crippen LogP contribution in [0.3, 0.4) is 0 Å². The molecule has 0 atom stereocenters. The summed E-state index contributed by atoms with van der Waals surface area (Å²) in [5, 5.41) is 0. The van der Waals surface area contributed by atoms with Crippen LogP contribution in [0.2, 0.25) is 0 Å². The van der Waals surface area contributed by atoms with Crippen molar-refractivity contribution in [2.75, 3.05) is 32.8 Å². The van der Waals surface area contributed by atoms with Crippen molar-refractivity contribution >= 4 is 11.8 Å². The fraction of sp³-hybridized carbons (Fsp3) is 0.350. The van der Waals surface area contributed by atoms with Crippen LogP contribution in [0.1, 0.15) is 34.1 Å². The minimum atomic E-state index is -0.0167. The molecule has 0 saturated carbocycles. The average molecular weight is 353 g/mol. The zero-order valence-corrected chi connectivity index (χ0v) is 14.9. The van der Waals surface area contributed by atoms with E-state index < -0.39 is 0 Å². The molecule has 1 aromatic heterocycles. The van der Waals surface area contributed by atoms with Crippen LogP contribution in [0, 0.1) is 0 Å². The molecule has 2 heterocycles. The Morgan fingerprint density at radius 2 is 1.38 bits per heavy atom. The van der Waals surface area contributed by atoms with Crippen molar-refractivity contribution in [3.05, 3.63) is 59.9 Å². The van der Waals surface area contributed by atoms with Crippen molar-refractivity contribution in [2.45, 2.75) is 13.3 Å². The number of amides is 2. The number of hydrogen-bond acceptors (Lipinski definition) is 4. The van der Waals surface area contributed by atoms with Crippen molar-refractivity contribution in [1.29, 1.82) is 0 Å². The number of carbonyl (C=O) groups is 2. The van der Waals surface area contributed by atoms with Crippen LogP contribution in [-0.4, -0.2) is 59.4 Å². The number of carbonyl (C=O) groups excluding carboxylic acids is 2. The molecule has 0 radical (unpaired) electrons. The van der Waals surface area contributed by atoms with Gasteiger partial charge in [0.15, 0.2) is 0 Å². The number of rotatable bonds is 5. The Labute approximate surface area is 153 Å². The van der Waals surface area contributed by atoms with E-state index in [-0.39, 0.29) is 11.8 Å². The minimum absolute atomic E-state index is 0.0111. The highest BCUT2D eigenvalue weighted by Gasteiger charge is 2.25. The number of piperazine rings is 1. The van der Waals surface area contributed by atoms with Crippen LogP contribution in [0.4, 0.5) is 0 Å². The van der Waals surface area contributed by atoms with E-state index in [0.29, 0.717) is 43.9 Å². The Morgan fingerprint density at radius 1 is 0.885 bits per heavy atom. The van der Waals surface area contributed by atoms with Gasteiger partial charge in [-0.15, -0.1) is 0 Å². The van der Waals surface area contributed by atoms with Gasteiger partial charge in [0.2, 0.25) is 0 Å². The van der Waals surface area contributed by atoms with Gasteiger partial charge in [0.25, 0.3) is 11.8 Å². The highest BCUT2D eigenvalue weighted by molar-refractivity contribution is 5.96. The van der Waals surface area contributed by atoms with Gasteiger partial charge in [0.05, 0.1) is 6.61 Å². The third-order valence-electron chi connectivity index (χ3n) is 4.36. The Balaban J connectivity index is 1.56. The fourth-order valence-electron chi connectivity index (χ4n) is 2.89. The maximum Gasteiger partial charge on any atom is 0.254 e. The monoisotopic (exact) mass is 353 g/mol. The molecule has 0 aliphatic carbocycles. The molecule has 1 saturated heterocycles. The molecular formula is C20H23N3O3. The molecule has 6 nitrogen and oxygen atoms in total. The van der Waals surface area contributed by atoms with Gasteiger partial charge in [0.1, 0.15) is 5.75 Å². The van der Waals surface area contributed by atoms with Gasteiger partial charge in [-0.2, -0.15) is 0 Å².